The second-order valence-corrected chi connectivity index (χ2v) is 10.2. The highest BCUT2D eigenvalue weighted by Gasteiger charge is 2.16. The fraction of sp³-hybridized carbons (Fsp3) is 0.188. The highest BCUT2D eigenvalue weighted by atomic mass is 35.5. The Morgan fingerprint density at radius 2 is 1.96 bits per heavy atom. The normalized spacial score (nSPS) is 12.5. The molecule has 3 rings (SSSR count). The Labute approximate surface area is 167 Å². The summed E-state index contributed by atoms with van der Waals surface area (Å²) in [7, 11) is -2.13. The first-order valence-corrected chi connectivity index (χ1v) is 11.3. The summed E-state index contributed by atoms with van der Waals surface area (Å²) in [5.41, 5.74) is 0.577. The van der Waals surface area contributed by atoms with Crippen molar-refractivity contribution >= 4 is 66.2 Å². The summed E-state index contributed by atoms with van der Waals surface area (Å²) < 4.78 is 30.9. The molecule has 0 N–H and O–H groups in total. The van der Waals surface area contributed by atoms with E-state index in [9.17, 15) is 18.0 Å². The van der Waals surface area contributed by atoms with Gasteiger partial charge in [0.15, 0.2) is 14.6 Å². The summed E-state index contributed by atoms with van der Waals surface area (Å²) in [6.07, 6.45) is 1.11. The van der Waals surface area contributed by atoms with Gasteiger partial charge < -0.3 is 9.30 Å². The number of aromatic nitrogens is 1. The van der Waals surface area contributed by atoms with Crippen molar-refractivity contribution in [1.82, 2.24) is 4.57 Å². The molecule has 142 valence electrons. The predicted octanol–water partition coefficient (Wildman–Crippen LogP) is 2.74. The lowest BCUT2D eigenvalue weighted by molar-refractivity contribution is -0.141. The van der Waals surface area contributed by atoms with Crippen molar-refractivity contribution in [3.05, 3.63) is 44.3 Å². The molecule has 0 saturated heterocycles. The van der Waals surface area contributed by atoms with Gasteiger partial charge in [0.05, 0.1) is 31.4 Å². The number of benzene rings is 1. The van der Waals surface area contributed by atoms with Gasteiger partial charge in [0.2, 0.25) is 0 Å². The third kappa shape index (κ3) is 4.29. The summed E-state index contributed by atoms with van der Waals surface area (Å²) in [4.78, 5) is 29.0. The summed E-state index contributed by atoms with van der Waals surface area (Å²) >= 11 is 8.06. The Bertz CT molecular complexity index is 1220. The number of carbonyl (C=O) groups is 2. The first-order chi connectivity index (χ1) is 12.7. The Morgan fingerprint density at radius 3 is 2.56 bits per heavy atom. The molecule has 0 aliphatic heterocycles. The second-order valence-electron chi connectivity index (χ2n) is 5.47. The molecule has 27 heavy (non-hydrogen) atoms. The van der Waals surface area contributed by atoms with Crippen molar-refractivity contribution in [3.8, 4) is 0 Å². The van der Waals surface area contributed by atoms with E-state index in [1.807, 2.05) is 0 Å². The molecule has 0 bridgehead atoms. The zero-order chi connectivity index (χ0) is 19.8. The minimum atomic E-state index is -3.39. The predicted molar refractivity (Wildman–Crippen MR) is 104 cm³/mol. The topological polar surface area (TPSA) is 94.8 Å². The lowest BCUT2D eigenvalue weighted by atomic mass is 10.3. The summed E-state index contributed by atoms with van der Waals surface area (Å²) in [5, 5.41) is 0. The number of thiazole rings is 1. The van der Waals surface area contributed by atoms with E-state index in [4.69, 9.17) is 16.3 Å². The van der Waals surface area contributed by atoms with Crippen molar-refractivity contribution in [1.29, 1.82) is 0 Å². The molecule has 7 nitrogen and oxygen atoms in total. The number of methoxy groups -OCH3 is 1. The maximum atomic E-state index is 12.4. The monoisotopic (exact) mass is 444 g/mol. The number of sulfone groups is 1. The molecule has 2 heterocycles. The third-order valence-electron chi connectivity index (χ3n) is 3.58. The zero-order valence-electron chi connectivity index (χ0n) is 14.1. The van der Waals surface area contributed by atoms with Crippen LogP contribution in [0.5, 0.6) is 0 Å². The number of rotatable bonds is 4. The Kier molecular flexibility index (Phi) is 5.52. The molecule has 3 aromatic rings. The van der Waals surface area contributed by atoms with Crippen LogP contribution in [0.1, 0.15) is 9.67 Å². The van der Waals surface area contributed by atoms with Crippen LogP contribution in [-0.2, 0) is 25.9 Å². The fourth-order valence-electron chi connectivity index (χ4n) is 2.29. The van der Waals surface area contributed by atoms with Crippen molar-refractivity contribution in [2.24, 2.45) is 4.99 Å². The molecular formula is C16H13ClN2O5S3. The van der Waals surface area contributed by atoms with Crippen LogP contribution in [-0.4, -0.2) is 38.2 Å². The molecule has 0 radical (unpaired) electrons. The molecule has 0 spiro atoms. The molecule has 11 heteroatoms. The first kappa shape index (κ1) is 19.7. The lowest BCUT2D eigenvalue weighted by Gasteiger charge is -2.04. The van der Waals surface area contributed by atoms with Gasteiger partial charge in [-0.25, -0.2) is 8.42 Å². The summed E-state index contributed by atoms with van der Waals surface area (Å²) in [6.45, 7) is -0.161. The van der Waals surface area contributed by atoms with Gasteiger partial charge in [0.25, 0.3) is 5.91 Å². The Balaban J connectivity index is 2.19. The van der Waals surface area contributed by atoms with E-state index in [1.165, 1.54) is 23.8 Å². The van der Waals surface area contributed by atoms with Crippen molar-refractivity contribution in [3.63, 3.8) is 0 Å². The number of carbonyl (C=O) groups excluding carboxylic acids is 2. The van der Waals surface area contributed by atoms with Gasteiger partial charge in [-0.15, -0.1) is 11.3 Å². The average Bonchev–Trinajstić information content (AvgIpc) is 3.17. The van der Waals surface area contributed by atoms with Gasteiger partial charge in [-0.05, 0) is 30.3 Å². The number of thiophene rings is 1. The first-order valence-electron chi connectivity index (χ1n) is 7.43. The van der Waals surface area contributed by atoms with Crippen LogP contribution in [0.3, 0.4) is 0 Å². The van der Waals surface area contributed by atoms with Crippen molar-refractivity contribution in [2.45, 2.75) is 11.4 Å². The number of amides is 1. The smallest absolute Gasteiger partial charge is 0.325 e. The van der Waals surface area contributed by atoms with E-state index in [0.717, 1.165) is 28.9 Å². The SMILES string of the molecule is COC(=O)Cn1c(=NC(=O)c2ccc(Cl)s2)sc2cc(S(C)(=O)=O)ccc21. The highest BCUT2D eigenvalue weighted by Crippen LogP contribution is 2.24. The van der Waals surface area contributed by atoms with E-state index in [0.29, 0.717) is 19.4 Å². The van der Waals surface area contributed by atoms with Gasteiger partial charge in [-0.2, -0.15) is 4.99 Å². The molecule has 1 aromatic carbocycles. The maximum absolute atomic E-state index is 12.4. The van der Waals surface area contributed by atoms with E-state index in [1.54, 1.807) is 18.2 Å². The Morgan fingerprint density at radius 1 is 1.22 bits per heavy atom. The van der Waals surface area contributed by atoms with Crippen LogP contribution in [0.25, 0.3) is 10.2 Å². The standard InChI is InChI=1S/C16H13ClN2O5S3/c1-24-14(20)8-19-10-4-3-9(27(2,22)23)7-12(10)26-16(19)18-15(21)11-5-6-13(17)25-11/h3-7H,8H2,1-2H3. The van der Waals surface area contributed by atoms with E-state index in [-0.39, 0.29) is 16.2 Å². The number of hydrogen-bond donors (Lipinski definition) is 0. The zero-order valence-corrected chi connectivity index (χ0v) is 17.3. The molecule has 1 amide bonds. The number of nitrogens with zero attached hydrogens (tertiary/aromatic N) is 2. The largest absolute Gasteiger partial charge is 0.468 e. The van der Waals surface area contributed by atoms with E-state index in [2.05, 4.69) is 4.99 Å². The van der Waals surface area contributed by atoms with Gasteiger partial charge >= 0.3 is 5.97 Å². The summed E-state index contributed by atoms with van der Waals surface area (Å²) in [5.74, 6) is -1.02. The fourth-order valence-corrected chi connectivity index (χ4v) is 5.00. The lowest BCUT2D eigenvalue weighted by Crippen LogP contribution is -2.22. The van der Waals surface area contributed by atoms with Crippen LogP contribution < -0.4 is 4.80 Å². The van der Waals surface area contributed by atoms with Crippen molar-refractivity contribution < 1.29 is 22.7 Å². The van der Waals surface area contributed by atoms with Crippen LogP contribution in [0.15, 0.2) is 40.2 Å². The molecule has 0 atom stereocenters. The minimum absolute atomic E-state index is 0.143. The molecule has 0 saturated carbocycles. The molecule has 0 aliphatic rings. The van der Waals surface area contributed by atoms with Gasteiger partial charge in [-0.3, -0.25) is 9.59 Å². The molecule has 0 fully saturated rings. The number of fused-ring (bicyclic) bond motifs is 1. The molecular weight excluding hydrogens is 432 g/mol. The third-order valence-corrected chi connectivity index (χ3v) is 6.95. The average molecular weight is 445 g/mol. The number of ether oxygens (including phenoxy) is 1. The van der Waals surface area contributed by atoms with E-state index >= 15 is 0 Å². The number of esters is 1. The second kappa shape index (κ2) is 7.55. The molecule has 0 aliphatic carbocycles. The number of halogens is 1. The van der Waals surface area contributed by atoms with Crippen LogP contribution in [0.4, 0.5) is 0 Å². The van der Waals surface area contributed by atoms with Gasteiger partial charge in [-0.1, -0.05) is 22.9 Å². The maximum Gasteiger partial charge on any atom is 0.325 e. The quantitative estimate of drug-likeness (QED) is 0.576. The van der Waals surface area contributed by atoms with Crippen LogP contribution in [0, 0.1) is 0 Å². The van der Waals surface area contributed by atoms with Crippen LogP contribution >= 0.6 is 34.3 Å². The number of hydrogen-bond acceptors (Lipinski definition) is 7. The Hall–Kier alpha value is -2.01. The molecule has 0 unspecified atom stereocenters. The van der Waals surface area contributed by atoms with Crippen molar-refractivity contribution in [2.75, 3.05) is 13.4 Å². The summed E-state index contributed by atoms with van der Waals surface area (Å²) in [6, 6.07) is 7.69. The van der Waals surface area contributed by atoms with Gasteiger partial charge in [0.1, 0.15) is 6.54 Å². The highest BCUT2D eigenvalue weighted by molar-refractivity contribution is 7.90. The minimum Gasteiger partial charge on any atom is -0.468 e. The van der Waals surface area contributed by atoms with Gasteiger partial charge in [0, 0.05) is 6.26 Å². The van der Waals surface area contributed by atoms with E-state index < -0.39 is 21.7 Å². The molecule has 2 aromatic heterocycles. The van der Waals surface area contributed by atoms with Crippen LogP contribution in [0.2, 0.25) is 4.34 Å².